The molecular formula is C21H13ClO5S. The molecule has 140 valence electrons. The molecule has 5 nitrogen and oxygen atoms in total. The van der Waals surface area contributed by atoms with Gasteiger partial charge in [-0.05, 0) is 36.4 Å². The molecule has 0 N–H and O–H groups in total. The van der Waals surface area contributed by atoms with Gasteiger partial charge in [-0.2, -0.15) is 0 Å². The highest BCUT2D eigenvalue weighted by atomic mass is 35.5. The highest BCUT2D eigenvalue weighted by Crippen LogP contribution is 2.34. The minimum atomic E-state index is -3.91. The van der Waals surface area contributed by atoms with E-state index in [0.29, 0.717) is 10.6 Å². The maximum absolute atomic E-state index is 12.9. The minimum absolute atomic E-state index is 0.0429. The number of esters is 1. The standard InChI is InChI=1S/C21H13ClO5S/c22-17-7-3-1-5-14(17)12-27-21(24)13-9-10-16-19(11-13)28(25,26)18-8-4-2-6-15(18)20(16)23/h1-11H,12H2. The number of carbonyl (C=O) groups is 2. The zero-order valence-corrected chi connectivity index (χ0v) is 16.0. The largest absolute Gasteiger partial charge is 0.457 e. The Morgan fingerprint density at radius 1 is 0.893 bits per heavy atom. The average Bonchev–Trinajstić information content (AvgIpc) is 2.71. The Bertz CT molecular complexity index is 1230. The normalized spacial score (nSPS) is 14.1. The molecule has 0 aromatic heterocycles. The highest BCUT2D eigenvalue weighted by Gasteiger charge is 2.35. The van der Waals surface area contributed by atoms with Gasteiger partial charge in [0.25, 0.3) is 0 Å². The Hall–Kier alpha value is -2.96. The van der Waals surface area contributed by atoms with Crippen LogP contribution in [0.4, 0.5) is 0 Å². The number of halogens is 1. The van der Waals surface area contributed by atoms with E-state index < -0.39 is 21.6 Å². The van der Waals surface area contributed by atoms with Crippen molar-refractivity contribution in [2.24, 2.45) is 0 Å². The molecule has 0 fully saturated rings. The van der Waals surface area contributed by atoms with Gasteiger partial charge < -0.3 is 4.74 Å². The van der Waals surface area contributed by atoms with Gasteiger partial charge in [0.15, 0.2) is 5.78 Å². The monoisotopic (exact) mass is 412 g/mol. The van der Waals surface area contributed by atoms with Gasteiger partial charge in [-0.3, -0.25) is 4.79 Å². The molecule has 7 heteroatoms. The molecule has 0 saturated heterocycles. The zero-order chi connectivity index (χ0) is 19.9. The number of ether oxygens (including phenoxy) is 1. The van der Waals surface area contributed by atoms with Crippen LogP contribution in [-0.2, 0) is 21.2 Å². The minimum Gasteiger partial charge on any atom is -0.457 e. The molecule has 0 unspecified atom stereocenters. The van der Waals surface area contributed by atoms with E-state index >= 15 is 0 Å². The topological polar surface area (TPSA) is 77.5 Å². The Morgan fingerprint density at radius 2 is 1.57 bits per heavy atom. The maximum atomic E-state index is 12.9. The SMILES string of the molecule is O=C(OCc1ccccc1Cl)c1ccc2c(c1)S(=O)(=O)c1ccccc1C2=O. The third-order valence-corrected chi connectivity index (χ3v) is 6.71. The molecule has 3 aromatic rings. The molecule has 0 saturated carbocycles. The molecule has 1 aliphatic heterocycles. The fourth-order valence-electron chi connectivity index (χ4n) is 3.05. The van der Waals surface area contributed by atoms with Crippen molar-refractivity contribution in [2.75, 3.05) is 0 Å². The lowest BCUT2D eigenvalue weighted by atomic mass is 10.0. The third kappa shape index (κ3) is 3.00. The smallest absolute Gasteiger partial charge is 0.338 e. The molecule has 3 aromatic carbocycles. The lowest BCUT2D eigenvalue weighted by molar-refractivity contribution is 0.0472. The van der Waals surface area contributed by atoms with Gasteiger partial charge in [0.1, 0.15) is 6.61 Å². The van der Waals surface area contributed by atoms with Crippen molar-refractivity contribution < 1.29 is 22.7 Å². The van der Waals surface area contributed by atoms with E-state index in [9.17, 15) is 18.0 Å². The number of ketones is 1. The van der Waals surface area contributed by atoms with E-state index in [2.05, 4.69) is 0 Å². The van der Waals surface area contributed by atoms with Gasteiger partial charge in [0.05, 0.1) is 15.4 Å². The molecule has 1 aliphatic rings. The van der Waals surface area contributed by atoms with E-state index in [1.54, 1.807) is 36.4 Å². The Morgan fingerprint density at radius 3 is 2.36 bits per heavy atom. The Balaban J connectivity index is 1.67. The lowest BCUT2D eigenvalue weighted by Crippen LogP contribution is -2.21. The Labute approximate surface area is 166 Å². The van der Waals surface area contributed by atoms with Crippen LogP contribution in [0.5, 0.6) is 0 Å². The molecule has 0 bridgehead atoms. The van der Waals surface area contributed by atoms with Crippen LogP contribution in [0.3, 0.4) is 0 Å². The second-order valence-corrected chi connectivity index (χ2v) is 8.50. The van der Waals surface area contributed by atoms with Crippen molar-refractivity contribution >= 4 is 33.2 Å². The van der Waals surface area contributed by atoms with Gasteiger partial charge in [0, 0.05) is 21.7 Å². The van der Waals surface area contributed by atoms with E-state index in [1.807, 2.05) is 0 Å². The summed E-state index contributed by atoms with van der Waals surface area (Å²) >= 11 is 6.04. The van der Waals surface area contributed by atoms with Crippen LogP contribution in [0, 0.1) is 0 Å². The summed E-state index contributed by atoms with van der Waals surface area (Å²) in [5, 5.41) is 0.463. The van der Waals surface area contributed by atoms with E-state index in [4.69, 9.17) is 16.3 Å². The number of fused-ring (bicyclic) bond motifs is 2. The summed E-state index contributed by atoms with van der Waals surface area (Å²) in [4.78, 5) is 24.8. The molecule has 0 amide bonds. The predicted molar refractivity (Wildman–Crippen MR) is 102 cm³/mol. The van der Waals surface area contributed by atoms with Crippen LogP contribution in [0.2, 0.25) is 5.02 Å². The number of benzene rings is 3. The fraction of sp³-hybridized carbons (Fsp3) is 0.0476. The predicted octanol–water partition coefficient (Wildman–Crippen LogP) is 4.07. The van der Waals surface area contributed by atoms with Crippen molar-refractivity contribution in [1.82, 2.24) is 0 Å². The van der Waals surface area contributed by atoms with E-state index in [1.165, 1.54) is 30.3 Å². The van der Waals surface area contributed by atoms with Crippen molar-refractivity contribution in [2.45, 2.75) is 16.4 Å². The second-order valence-electron chi connectivity index (χ2n) is 6.21. The number of hydrogen-bond acceptors (Lipinski definition) is 5. The van der Waals surface area contributed by atoms with Crippen LogP contribution in [0.15, 0.2) is 76.5 Å². The first kappa shape index (κ1) is 18.4. The summed E-state index contributed by atoms with van der Waals surface area (Å²) in [5.41, 5.74) is 0.846. The van der Waals surface area contributed by atoms with Crippen molar-refractivity contribution in [3.63, 3.8) is 0 Å². The fourth-order valence-corrected chi connectivity index (χ4v) is 4.92. The quantitative estimate of drug-likeness (QED) is 0.474. The molecule has 0 spiro atoms. The summed E-state index contributed by atoms with van der Waals surface area (Å²) in [6.45, 7) is -0.0515. The lowest BCUT2D eigenvalue weighted by Gasteiger charge is -2.19. The summed E-state index contributed by atoms with van der Waals surface area (Å²) in [5.74, 6) is -1.10. The van der Waals surface area contributed by atoms with Gasteiger partial charge in [0.2, 0.25) is 9.84 Å². The van der Waals surface area contributed by atoms with Crippen LogP contribution >= 0.6 is 11.6 Å². The van der Waals surface area contributed by atoms with Crippen LogP contribution < -0.4 is 0 Å². The van der Waals surface area contributed by atoms with Crippen molar-refractivity contribution in [3.05, 3.63) is 94.0 Å². The van der Waals surface area contributed by atoms with Gasteiger partial charge in [-0.25, -0.2) is 13.2 Å². The first-order chi connectivity index (χ1) is 13.4. The molecule has 1 heterocycles. The average molecular weight is 413 g/mol. The van der Waals surface area contributed by atoms with Crippen molar-refractivity contribution in [1.29, 1.82) is 0 Å². The van der Waals surface area contributed by atoms with Gasteiger partial charge >= 0.3 is 5.97 Å². The summed E-state index contributed by atoms with van der Waals surface area (Å²) in [6.07, 6.45) is 0. The number of carbonyl (C=O) groups excluding carboxylic acids is 2. The molecule has 28 heavy (non-hydrogen) atoms. The van der Waals surface area contributed by atoms with Crippen molar-refractivity contribution in [3.8, 4) is 0 Å². The summed E-state index contributed by atoms with van der Waals surface area (Å²) < 4.78 is 31.1. The molecule has 0 atom stereocenters. The Kier molecular flexibility index (Phi) is 4.53. The van der Waals surface area contributed by atoms with E-state index in [0.717, 1.165) is 0 Å². The third-order valence-electron chi connectivity index (χ3n) is 4.49. The molecule has 0 radical (unpaired) electrons. The summed E-state index contributed by atoms with van der Waals surface area (Å²) in [6, 6.07) is 16.9. The molecule has 4 rings (SSSR count). The van der Waals surface area contributed by atoms with E-state index in [-0.39, 0.29) is 33.1 Å². The van der Waals surface area contributed by atoms with Gasteiger partial charge in [-0.1, -0.05) is 41.9 Å². The zero-order valence-electron chi connectivity index (χ0n) is 14.4. The number of hydrogen-bond donors (Lipinski definition) is 0. The first-order valence-electron chi connectivity index (χ1n) is 8.33. The maximum Gasteiger partial charge on any atom is 0.338 e. The molecular weight excluding hydrogens is 400 g/mol. The van der Waals surface area contributed by atoms with Crippen LogP contribution in [0.1, 0.15) is 31.8 Å². The van der Waals surface area contributed by atoms with Crippen LogP contribution in [0.25, 0.3) is 0 Å². The van der Waals surface area contributed by atoms with Crippen LogP contribution in [-0.4, -0.2) is 20.2 Å². The number of sulfone groups is 1. The number of rotatable bonds is 3. The highest BCUT2D eigenvalue weighted by molar-refractivity contribution is 7.91. The van der Waals surface area contributed by atoms with Gasteiger partial charge in [-0.15, -0.1) is 0 Å². The second kappa shape index (κ2) is 6.89. The summed E-state index contributed by atoms with van der Waals surface area (Å²) in [7, 11) is -3.91. The first-order valence-corrected chi connectivity index (χ1v) is 10.2. The molecule has 0 aliphatic carbocycles.